The molecule has 194 valence electrons. The summed E-state index contributed by atoms with van der Waals surface area (Å²) in [5, 5.41) is 13.8. The van der Waals surface area contributed by atoms with Gasteiger partial charge in [-0.25, -0.2) is 0 Å². The molecule has 41 heavy (non-hydrogen) atoms. The van der Waals surface area contributed by atoms with E-state index in [2.05, 4.69) is 136 Å². The molecule has 1 heterocycles. The molecule has 2 aliphatic carbocycles. The molecule has 0 radical (unpaired) electrons. The van der Waals surface area contributed by atoms with E-state index >= 15 is 0 Å². The Kier molecular flexibility index (Phi) is 3.83. The van der Waals surface area contributed by atoms with E-state index in [0.717, 1.165) is 0 Å². The summed E-state index contributed by atoms with van der Waals surface area (Å²) in [7, 11) is 0. The molecule has 1 aromatic heterocycles. The Balaban J connectivity index is 1.38. The maximum atomic E-state index is 2.52. The van der Waals surface area contributed by atoms with E-state index in [9.17, 15) is 0 Å². The van der Waals surface area contributed by atoms with Gasteiger partial charge in [0, 0.05) is 31.7 Å². The Bertz CT molecular complexity index is 2450. The fraction of sp³-hybridized carbons (Fsp3) is 0.150. The monoisotopic (exact) mass is 540 g/mol. The first-order chi connectivity index (χ1) is 19.9. The predicted molar refractivity (Wildman–Crippen MR) is 178 cm³/mol. The molecule has 0 N–H and O–H groups in total. The number of thiophene rings is 1. The minimum absolute atomic E-state index is 0.0792. The molecule has 0 aliphatic heterocycles. The lowest BCUT2D eigenvalue weighted by atomic mass is 9.73. The summed E-state index contributed by atoms with van der Waals surface area (Å²) in [5.74, 6) is 0. The van der Waals surface area contributed by atoms with Crippen LogP contribution in [0.1, 0.15) is 49.9 Å². The summed E-state index contributed by atoms with van der Waals surface area (Å²) < 4.78 is 0. The second-order valence-electron chi connectivity index (χ2n) is 13.3. The van der Waals surface area contributed by atoms with E-state index in [4.69, 9.17) is 0 Å². The molecule has 7 aromatic carbocycles. The van der Waals surface area contributed by atoms with Crippen LogP contribution in [-0.4, -0.2) is 0 Å². The highest BCUT2D eigenvalue weighted by Gasteiger charge is 2.49. The number of rotatable bonds is 0. The maximum Gasteiger partial charge on any atom is 0.0403 e. The number of fused-ring (bicyclic) bond motifs is 13. The van der Waals surface area contributed by atoms with Gasteiger partial charge in [0.1, 0.15) is 0 Å². The molecule has 0 amide bonds. The molecule has 0 atom stereocenters. The fourth-order valence-corrected chi connectivity index (χ4v) is 10.6. The summed E-state index contributed by atoms with van der Waals surface area (Å²) >= 11 is 2.05. The van der Waals surface area contributed by atoms with Gasteiger partial charge in [0.25, 0.3) is 0 Å². The normalized spacial score (nSPS) is 16.2. The molecular weight excluding hydrogens is 513 g/mol. The van der Waals surface area contributed by atoms with Crippen LogP contribution in [0.4, 0.5) is 0 Å². The molecule has 0 bridgehead atoms. The predicted octanol–water partition coefficient (Wildman–Crippen LogP) is 11.6. The van der Waals surface area contributed by atoms with Crippen LogP contribution in [0.3, 0.4) is 0 Å². The highest BCUT2D eigenvalue weighted by atomic mass is 32.1. The molecule has 8 aromatic rings. The zero-order valence-electron chi connectivity index (χ0n) is 23.6. The SMILES string of the molecule is CC1(C)c2cc3ccc4cccc5ccc(c2-c2sc6c(c21)C(C)(C)c1c-6c2ccccc2c2ccccc12)c3c45. The topological polar surface area (TPSA) is 0 Å². The molecule has 0 unspecified atom stereocenters. The third-order valence-corrected chi connectivity index (χ3v) is 11.7. The summed E-state index contributed by atoms with van der Waals surface area (Å²) in [6.45, 7) is 9.89. The van der Waals surface area contributed by atoms with Crippen molar-refractivity contribution in [1.29, 1.82) is 0 Å². The third-order valence-electron chi connectivity index (χ3n) is 10.5. The van der Waals surface area contributed by atoms with Crippen LogP contribution >= 0.6 is 11.3 Å². The first-order valence-corrected chi connectivity index (χ1v) is 15.5. The van der Waals surface area contributed by atoms with Crippen LogP contribution in [0.2, 0.25) is 0 Å². The zero-order chi connectivity index (χ0) is 27.4. The second kappa shape index (κ2) is 6.98. The molecule has 0 spiro atoms. The van der Waals surface area contributed by atoms with Gasteiger partial charge in [-0.2, -0.15) is 0 Å². The standard InChI is InChI=1S/C40H28S/c1-39(2)29-20-23-17-16-21-10-9-11-22-18-19-28(31(23)30(21)22)32(29)37-35(39)36-38(41-37)33-26-14-7-5-12-24(26)25-13-6-8-15-27(25)34(33)40(36,3)4/h5-20H,1-4H3. The van der Waals surface area contributed by atoms with Crippen molar-refractivity contribution in [3.8, 4) is 20.9 Å². The Labute approximate surface area is 243 Å². The Morgan fingerprint density at radius 2 is 1.02 bits per heavy atom. The van der Waals surface area contributed by atoms with Crippen molar-refractivity contribution < 1.29 is 0 Å². The van der Waals surface area contributed by atoms with E-state index in [1.807, 2.05) is 0 Å². The van der Waals surface area contributed by atoms with Gasteiger partial charge in [-0.3, -0.25) is 0 Å². The smallest absolute Gasteiger partial charge is 0.0403 e. The quantitative estimate of drug-likeness (QED) is 0.168. The number of benzene rings is 7. The summed E-state index contributed by atoms with van der Waals surface area (Å²) in [6, 6.07) is 36.8. The van der Waals surface area contributed by atoms with E-state index in [1.54, 1.807) is 11.1 Å². The maximum absolute atomic E-state index is 2.52. The van der Waals surface area contributed by atoms with Crippen molar-refractivity contribution in [2.45, 2.75) is 38.5 Å². The fourth-order valence-electron chi connectivity index (χ4n) is 8.81. The average Bonchev–Trinajstić information content (AvgIpc) is 3.56. The van der Waals surface area contributed by atoms with Crippen LogP contribution in [0, 0.1) is 0 Å². The van der Waals surface area contributed by atoms with Gasteiger partial charge < -0.3 is 0 Å². The van der Waals surface area contributed by atoms with E-state index in [0.29, 0.717) is 0 Å². The Hall–Kier alpha value is -4.20. The first kappa shape index (κ1) is 22.5. The van der Waals surface area contributed by atoms with Crippen LogP contribution < -0.4 is 0 Å². The van der Waals surface area contributed by atoms with Gasteiger partial charge in [-0.05, 0) is 82.2 Å². The minimum Gasteiger partial charge on any atom is -0.134 e. The van der Waals surface area contributed by atoms with Gasteiger partial charge in [0.05, 0.1) is 0 Å². The Morgan fingerprint density at radius 3 is 1.78 bits per heavy atom. The van der Waals surface area contributed by atoms with Crippen molar-refractivity contribution in [3.63, 3.8) is 0 Å². The zero-order valence-corrected chi connectivity index (χ0v) is 24.5. The van der Waals surface area contributed by atoms with Gasteiger partial charge in [-0.1, -0.05) is 119 Å². The third kappa shape index (κ3) is 2.43. The van der Waals surface area contributed by atoms with Gasteiger partial charge in [0.15, 0.2) is 0 Å². The summed E-state index contributed by atoms with van der Waals surface area (Å²) in [5.41, 5.74) is 8.85. The summed E-state index contributed by atoms with van der Waals surface area (Å²) in [6.07, 6.45) is 0. The van der Waals surface area contributed by atoms with Crippen molar-refractivity contribution in [1.82, 2.24) is 0 Å². The lowest BCUT2D eigenvalue weighted by molar-refractivity contribution is 0.606. The lowest BCUT2D eigenvalue weighted by Gasteiger charge is -2.29. The number of hydrogen-bond donors (Lipinski definition) is 0. The molecule has 0 nitrogen and oxygen atoms in total. The van der Waals surface area contributed by atoms with Gasteiger partial charge in [0.2, 0.25) is 0 Å². The van der Waals surface area contributed by atoms with E-state index < -0.39 is 0 Å². The highest BCUT2D eigenvalue weighted by molar-refractivity contribution is 7.19. The van der Waals surface area contributed by atoms with Gasteiger partial charge in [-0.15, -0.1) is 11.3 Å². The van der Waals surface area contributed by atoms with Crippen molar-refractivity contribution in [2.24, 2.45) is 0 Å². The summed E-state index contributed by atoms with van der Waals surface area (Å²) in [4.78, 5) is 2.98. The van der Waals surface area contributed by atoms with Gasteiger partial charge >= 0.3 is 0 Å². The largest absolute Gasteiger partial charge is 0.134 e. The highest BCUT2D eigenvalue weighted by Crippen LogP contribution is 2.66. The molecule has 0 saturated heterocycles. The molecular formula is C40H28S. The van der Waals surface area contributed by atoms with Crippen LogP contribution in [0.15, 0.2) is 97.1 Å². The molecule has 10 rings (SSSR count). The average molecular weight is 541 g/mol. The molecule has 0 fully saturated rings. The lowest BCUT2D eigenvalue weighted by Crippen LogP contribution is -2.23. The molecule has 1 heteroatoms. The molecule has 2 aliphatic rings. The van der Waals surface area contributed by atoms with Crippen LogP contribution in [0.25, 0.3) is 74.7 Å². The van der Waals surface area contributed by atoms with Crippen molar-refractivity contribution >= 4 is 65.2 Å². The van der Waals surface area contributed by atoms with E-state index in [-0.39, 0.29) is 10.8 Å². The van der Waals surface area contributed by atoms with Crippen molar-refractivity contribution in [3.05, 3.63) is 119 Å². The minimum atomic E-state index is -0.0932. The Morgan fingerprint density at radius 1 is 0.439 bits per heavy atom. The second-order valence-corrected chi connectivity index (χ2v) is 14.3. The van der Waals surface area contributed by atoms with Crippen LogP contribution in [0.5, 0.6) is 0 Å². The molecule has 0 saturated carbocycles. The van der Waals surface area contributed by atoms with Crippen LogP contribution in [-0.2, 0) is 10.8 Å². The number of hydrogen-bond acceptors (Lipinski definition) is 1. The van der Waals surface area contributed by atoms with E-state index in [1.165, 1.54) is 85.9 Å². The van der Waals surface area contributed by atoms with Crippen molar-refractivity contribution in [2.75, 3.05) is 0 Å². The first-order valence-electron chi connectivity index (χ1n) is 14.7.